The molecule has 1 aliphatic rings. The van der Waals surface area contributed by atoms with E-state index in [0.717, 1.165) is 0 Å². The lowest BCUT2D eigenvalue weighted by molar-refractivity contribution is -0.138. The number of halogens is 3. The van der Waals surface area contributed by atoms with Gasteiger partial charge < -0.3 is 5.32 Å². The van der Waals surface area contributed by atoms with Gasteiger partial charge in [0.1, 0.15) is 0 Å². The second kappa shape index (κ2) is 5.00. The summed E-state index contributed by atoms with van der Waals surface area (Å²) in [4.78, 5) is 2.23. The summed E-state index contributed by atoms with van der Waals surface area (Å²) in [6, 6.07) is 0.887. The molecule has 1 aliphatic carbocycles. The molecule has 0 aliphatic heterocycles. The van der Waals surface area contributed by atoms with Crippen LogP contribution in [0, 0.1) is 0 Å². The topological polar surface area (TPSA) is 41.1 Å². The number of nitrogens with one attached hydrogen (secondary N) is 1. The maximum atomic E-state index is 12.3. The highest BCUT2D eigenvalue weighted by Gasteiger charge is 2.35. The van der Waals surface area contributed by atoms with E-state index < -0.39 is 11.2 Å². The number of likely N-dealkylation sites (N-methyl/N-ethyl adjacent to an activating group) is 1. The van der Waals surface area contributed by atoms with Crippen molar-refractivity contribution < 1.29 is 13.2 Å². The normalized spacial score (nSPS) is 18.1. The van der Waals surface area contributed by atoms with Crippen molar-refractivity contribution in [3.05, 3.63) is 5.01 Å². The Hall–Kier alpha value is -0.890. The smallest absolute Gasteiger partial charge is 0.359 e. The molecule has 1 aromatic heterocycles. The molecule has 1 aromatic rings. The molecule has 1 N–H and O–H groups in total. The van der Waals surface area contributed by atoms with E-state index in [0.29, 0.717) is 23.9 Å². The van der Waals surface area contributed by atoms with E-state index in [-0.39, 0.29) is 11.2 Å². The van der Waals surface area contributed by atoms with Gasteiger partial charge in [0, 0.05) is 18.6 Å². The van der Waals surface area contributed by atoms with Crippen LogP contribution in [0.4, 0.5) is 18.3 Å². The van der Waals surface area contributed by atoms with E-state index in [4.69, 9.17) is 0 Å². The number of nitrogens with zero attached hydrogens (tertiary/aromatic N) is 3. The van der Waals surface area contributed by atoms with Crippen LogP contribution in [0.1, 0.15) is 24.8 Å². The lowest BCUT2D eigenvalue weighted by atomic mass is 10.3. The molecule has 1 unspecified atom stereocenters. The summed E-state index contributed by atoms with van der Waals surface area (Å²) < 4.78 is 36.9. The molecule has 0 amide bonds. The van der Waals surface area contributed by atoms with Crippen molar-refractivity contribution >= 4 is 16.5 Å². The van der Waals surface area contributed by atoms with Gasteiger partial charge in [0.15, 0.2) is 0 Å². The van der Waals surface area contributed by atoms with Crippen LogP contribution in [-0.2, 0) is 6.18 Å². The maximum absolute atomic E-state index is 12.3. The third-order valence-corrected chi connectivity index (χ3v) is 3.96. The van der Waals surface area contributed by atoms with Gasteiger partial charge in [0.25, 0.3) is 0 Å². The molecule has 18 heavy (non-hydrogen) atoms. The minimum Gasteiger partial charge on any atom is -0.359 e. The van der Waals surface area contributed by atoms with Gasteiger partial charge in [-0.2, -0.15) is 13.2 Å². The summed E-state index contributed by atoms with van der Waals surface area (Å²) in [5, 5.41) is 8.83. The molecule has 102 valence electrons. The second-order valence-corrected chi connectivity index (χ2v) is 5.51. The molecule has 0 radical (unpaired) electrons. The lowest BCUT2D eigenvalue weighted by Crippen LogP contribution is -2.36. The molecule has 8 heteroatoms. The van der Waals surface area contributed by atoms with E-state index >= 15 is 0 Å². The van der Waals surface area contributed by atoms with Crippen LogP contribution >= 0.6 is 11.3 Å². The van der Waals surface area contributed by atoms with Crippen LogP contribution in [0.15, 0.2) is 0 Å². The number of rotatable bonds is 5. The molecule has 0 aromatic carbocycles. The predicted octanol–water partition coefficient (Wildman–Crippen LogP) is 2.45. The second-order valence-electron chi connectivity index (χ2n) is 4.54. The number of hydrogen-bond acceptors (Lipinski definition) is 5. The van der Waals surface area contributed by atoms with Gasteiger partial charge in [-0.25, -0.2) is 0 Å². The highest BCUT2D eigenvalue weighted by molar-refractivity contribution is 7.15. The average Bonchev–Trinajstić information content (AvgIpc) is 3.02. The molecule has 1 fully saturated rings. The highest BCUT2D eigenvalue weighted by atomic mass is 32.1. The van der Waals surface area contributed by atoms with Crippen LogP contribution < -0.4 is 5.32 Å². The van der Waals surface area contributed by atoms with Gasteiger partial charge >= 0.3 is 6.18 Å². The van der Waals surface area contributed by atoms with Crippen molar-refractivity contribution in [1.29, 1.82) is 0 Å². The van der Waals surface area contributed by atoms with Gasteiger partial charge in [-0.15, -0.1) is 10.2 Å². The van der Waals surface area contributed by atoms with Crippen LogP contribution in [-0.4, -0.2) is 40.8 Å². The van der Waals surface area contributed by atoms with Crippen molar-refractivity contribution in [1.82, 2.24) is 15.1 Å². The van der Waals surface area contributed by atoms with Gasteiger partial charge in [-0.3, -0.25) is 4.90 Å². The molecule has 1 heterocycles. The van der Waals surface area contributed by atoms with E-state index in [2.05, 4.69) is 20.4 Å². The summed E-state index contributed by atoms with van der Waals surface area (Å²) >= 11 is 0.541. The van der Waals surface area contributed by atoms with Crippen LogP contribution in [0.25, 0.3) is 0 Å². The minimum atomic E-state index is -4.41. The van der Waals surface area contributed by atoms with E-state index in [1.807, 2.05) is 14.0 Å². The molecule has 0 spiro atoms. The lowest BCUT2D eigenvalue weighted by Gasteiger charge is -2.24. The number of alkyl halides is 3. The SMILES string of the molecule is CC(CNc1nnc(C(F)(F)F)s1)N(C)C1CC1. The summed E-state index contributed by atoms with van der Waals surface area (Å²) in [5.41, 5.74) is 0. The summed E-state index contributed by atoms with van der Waals surface area (Å²) in [7, 11) is 2.03. The van der Waals surface area contributed by atoms with Crippen molar-refractivity contribution in [2.45, 2.75) is 38.0 Å². The van der Waals surface area contributed by atoms with E-state index in [1.165, 1.54) is 12.8 Å². The van der Waals surface area contributed by atoms with Gasteiger partial charge in [0.05, 0.1) is 0 Å². The Kier molecular flexibility index (Phi) is 3.76. The first-order chi connectivity index (χ1) is 8.38. The number of hydrogen-bond donors (Lipinski definition) is 1. The Balaban J connectivity index is 1.84. The largest absolute Gasteiger partial charge is 0.445 e. The third kappa shape index (κ3) is 3.32. The Labute approximate surface area is 107 Å². The van der Waals surface area contributed by atoms with Crippen LogP contribution in [0.3, 0.4) is 0 Å². The Morgan fingerprint density at radius 3 is 2.61 bits per heavy atom. The molecule has 0 saturated heterocycles. The van der Waals surface area contributed by atoms with E-state index in [9.17, 15) is 13.2 Å². The van der Waals surface area contributed by atoms with Crippen LogP contribution in [0.2, 0.25) is 0 Å². The highest BCUT2D eigenvalue weighted by Crippen LogP contribution is 2.33. The van der Waals surface area contributed by atoms with Crippen molar-refractivity contribution in [2.24, 2.45) is 0 Å². The minimum absolute atomic E-state index is 0.221. The standard InChI is InChI=1S/C10H15F3N4S/c1-6(17(2)7-3-4-7)5-14-9-16-15-8(18-9)10(11,12)13/h6-7H,3-5H2,1-2H3,(H,14,16). The Morgan fingerprint density at radius 1 is 1.44 bits per heavy atom. The monoisotopic (exact) mass is 280 g/mol. The first-order valence-corrected chi connectivity index (χ1v) is 6.56. The van der Waals surface area contributed by atoms with Gasteiger partial charge in [0.2, 0.25) is 10.1 Å². The quantitative estimate of drug-likeness (QED) is 0.899. The van der Waals surface area contributed by atoms with Crippen molar-refractivity contribution in [2.75, 3.05) is 18.9 Å². The molecule has 0 bridgehead atoms. The molecule has 1 atom stereocenters. The molecule has 1 saturated carbocycles. The Morgan fingerprint density at radius 2 is 2.11 bits per heavy atom. The van der Waals surface area contributed by atoms with E-state index in [1.54, 1.807) is 0 Å². The molecule has 2 rings (SSSR count). The summed E-state index contributed by atoms with van der Waals surface area (Å²) in [6.07, 6.45) is -2.00. The predicted molar refractivity (Wildman–Crippen MR) is 63.6 cm³/mol. The fraction of sp³-hybridized carbons (Fsp3) is 0.800. The fourth-order valence-electron chi connectivity index (χ4n) is 1.63. The van der Waals surface area contributed by atoms with Crippen molar-refractivity contribution in [3.63, 3.8) is 0 Å². The van der Waals surface area contributed by atoms with Gasteiger partial charge in [-0.05, 0) is 26.8 Å². The first kappa shape index (κ1) is 13.5. The van der Waals surface area contributed by atoms with Gasteiger partial charge in [-0.1, -0.05) is 11.3 Å². The fourth-order valence-corrected chi connectivity index (χ4v) is 2.25. The zero-order chi connectivity index (χ0) is 13.3. The first-order valence-electron chi connectivity index (χ1n) is 5.74. The number of anilines is 1. The average molecular weight is 280 g/mol. The zero-order valence-electron chi connectivity index (χ0n) is 10.2. The summed E-state index contributed by atoms with van der Waals surface area (Å²) in [5.74, 6) is 0. The van der Waals surface area contributed by atoms with Crippen molar-refractivity contribution in [3.8, 4) is 0 Å². The molecular weight excluding hydrogens is 265 g/mol. The molecular formula is C10H15F3N4S. The third-order valence-electron chi connectivity index (χ3n) is 3.03. The van der Waals surface area contributed by atoms with Crippen LogP contribution in [0.5, 0.6) is 0 Å². The Bertz CT molecular complexity index is 402. The molecule has 4 nitrogen and oxygen atoms in total. The number of aromatic nitrogens is 2. The maximum Gasteiger partial charge on any atom is 0.445 e. The summed E-state index contributed by atoms with van der Waals surface area (Å²) in [6.45, 7) is 2.61. The zero-order valence-corrected chi connectivity index (χ0v) is 11.0.